The standard InChI is InChI=1S/C20H17BrN2/c1-2-23-19-13-6-5-11-17(19)22-18-12-7-9-15(20(18)23)14-8-3-4-10-16(14)21/h3-13,22H,2H2,1H3. The van der Waals surface area contributed by atoms with E-state index >= 15 is 0 Å². The molecule has 1 aliphatic rings. The molecule has 2 nitrogen and oxygen atoms in total. The van der Waals surface area contributed by atoms with Gasteiger partial charge in [0.05, 0.1) is 22.7 Å². The molecule has 3 aromatic carbocycles. The number of fused-ring (bicyclic) bond motifs is 2. The topological polar surface area (TPSA) is 15.3 Å². The number of benzene rings is 3. The molecule has 0 unspecified atom stereocenters. The first-order valence-electron chi connectivity index (χ1n) is 7.81. The van der Waals surface area contributed by atoms with E-state index in [9.17, 15) is 0 Å². The summed E-state index contributed by atoms with van der Waals surface area (Å²) >= 11 is 3.70. The van der Waals surface area contributed by atoms with Gasteiger partial charge in [-0.25, -0.2) is 0 Å². The van der Waals surface area contributed by atoms with Crippen molar-refractivity contribution in [3.05, 3.63) is 71.2 Å². The molecule has 0 atom stereocenters. The molecule has 3 aromatic rings. The Morgan fingerprint density at radius 3 is 2.35 bits per heavy atom. The lowest BCUT2D eigenvalue weighted by molar-refractivity contribution is 1.02. The highest BCUT2D eigenvalue weighted by Gasteiger charge is 2.24. The van der Waals surface area contributed by atoms with Gasteiger partial charge in [-0.15, -0.1) is 0 Å². The zero-order valence-electron chi connectivity index (χ0n) is 12.9. The van der Waals surface area contributed by atoms with Crippen LogP contribution in [-0.4, -0.2) is 6.54 Å². The zero-order chi connectivity index (χ0) is 15.8. The SMILES string of the molecule is CCN1c2ccccc2Nc2cccc(-c3ccccc3Br)c21. The van der Waals surface area contributed by atoms with Crippen molar-refractivity contribution in [2.45, 2.75) is 6.92 Å². The van der Waals surface area contributed by atoms with Crippen LogP contribution in [0.15, 0.2) is 71.2 Å². The van der Waals surface area contributed by atoms with Crippen LogP contribution in [0.1, 0.15) is 6.92 Å². The largest absolute Gasteiger partial charge is 0.352 e. The van der Waals surface area contributed by atoms with Crippen LogP contribution in [0.4, 0.5) is 22.7 Å². The van der Waals surface area contributed by atoms with E-state index in [0.29, 0.717) is 0 Å². The molecule has 0 radical (unpaired) electrons. The number of nitrogens with zero attached hydrogens (tertiary/aromatic N) is 1. The maximum Gasteiger partial charge on any atom is 0.0730 e. The Labute approximate surface area is 144 Å². The summed E-state index contributed by atoms with van der Waals surface area (Å²) in [5.41, 5.74) is 7.22. The number of rotatable bonds is 2. The maximum atomic E-state index is 3.70. The first-order chi connectivity index (χ1) is 11.3. The minimum Gasteiger partial charge on any atom is -0.352 e. The fourth-order valence-electron chi connectivity index (χ4n) is 3.24. The number of halogens is 1. The molecule has 23 heavy (non-hydrogen) atoms. The molecule has 1 heterocycles. The van der Waals surface area contributed by atoms with Gasteiger partial charge >= 0.3 is 0 Å². The fourth-order valence-corrected chi connectivity index (χ4v) is 3.74. The molecule has 0 fully saturated rings. The van der Waals surface area contributed by atoms with Crippen LogP contribution in [0.3, 0.4) is 0 Å². The molecule has 0 aliphatic carbocycles. The Kier molecular flexibility index (Phi) is 3.58. The van der Waals surface area contributed by atoms with Gasteiger partial charge in [0.25, 0.3) is 0 Å². The summed E-state index contributed by atoms with van der Waals surface area (Å²) in [6.07, 6.45) is 0. The highest BCUT2D eigenvalue weighted by Crippen LogP contribution is 2.48. The Morgan fingerprint density at radius 2 is 1.52 bits per heavy atom. The predicted molar refractivity (Wildman–Crippen MR) is 102 cm³/mol. The molecule has 1 aliphatic heterocycles. The molecule has 0 aromatic heterocycles. The van der Waals surface area contributed by atoms with Crippen molar-refractivity contribution in [3.63, 3.8) is 0 Å². The van der Waals surface area contributed by atoms with Crippen LogP contribution in [-0.2, 0) is 0 Å². The highest BCUT2D eigenvalue weighted by atomic mass is 79.9. The predicted octanol–water partition coefficient (Wildman–Crippen LogP) is 6.33. The van der Waals surface area contributed by atoms with E-state index in [2.05, 4.69) is 93.7 Å². The minimum absolute atomic E-state index is 0.924. The van der Waals surface area contributed by atoms with Crippen LogP contribution >= 0.6 is 15.9 Å². The lowest BCUT2D eigenvalue weighted by Gasteiger charge is -2.35. The van der Waals surface area contributed by atoms with E-state index in [-0.39, 0.29) is 0 Å². The lowest BCUT2D eigenvalue weighted by Crippen LogP contribution is -2.22. The molecular weight excluding hydrogens is 348 g/mol. The Bertz CT molecular complexity index is 873. The van der Waals surface area contributed by atoms with Crippen molar-refractivity contribution in [1.29, 1.82) is 0 Å². The van der Waals surface area contributed by atoms with Gasteiger partial charge < -0.3 is 10.2 Å². The van der Waals surface area contributed by atoms with E-state index in [1.165, 1.54) is 22.5 Å². The number of anilines is 4. The summed E-state index contributed by atoms with van der Waals surface area (Å²) in [5.74, 6) is 0. The van der Waals surface area contributed by atoms with Crippen molar-refractivity contribution < 1.29 is 0 Å². The lowest BCUT2D eigenvalue weighted by atomic mass is 9.99. The summed E-state index contributed by atoms with van der Waals surface area (Å²) in [7, 11) is 0. The number of hydrogen-bond donors (Lipinski definition) is 1. The van der Waals surface area contributed by atoms with Crippen LogP contribution in [0.5, 0.6) is 0 Å². The molecule has 4 rings (SSSR count). The molecular formula is C20H17BrN2. The smallest absolute Gasteiger partial charge is 0.0730 e. The van der Waals surface area contributed by atoms with E-state index in [1.807, 2.05) is 6.07 Å². The first kappa shape index (κ1) is 14.3. The fraction of sp³-hybridized carbons (Fsp3) is 0.100. The van der Waals surface area contributed by atoms with Gasteiger partial charge in [-0.05, 0) is 36.8 Å². The van der Waals surface area contributed by atoms with Crippen LogP contribution in [0.25, 0.3) is 11.1 Å². The van der Waals surface area contributed by atoms with Gasteiger partial charge in [0, 0.05) is 16.6 Å². The van der Waals surface area contributed by atoms with Crippen molar-refractivity contribution in [2.75, 3.05) is 16.8 Å². The van der Waals surface area contributed by atoms with Gasteiger partial charge in [-0.1, -0.05) is 58.4 Å². The van der Waals surface area contributed by atoms with Crippen LogP contribution in [0, 0.1) is 0 Å². The van der Waals surface area contributed by atoms with Gasteiger partial charge in [0.1, 0.15) is 0 Å². The highest BCUT2D eigenvalue weighted by molar-refractivity contribution is 9.10. The second kappa shape index (κ2) is 5.74. The van der Waals surface area contributed by atoms with E-state index in [0.717, 1.165) is 22.4 Å². The monoisotopic (exact) mass is 364 g/mol. The average Bonchev–Trinajstić information content (AvgIpc) is 2.59. The quantitative estimate of drug-likeness (QED) is 0.571. The average molecular weight is 365 g/mol. The van der Waals surface area contributed by atoms with Gasteiger partial charge in [-0.2, -0.15) is 0 Å². The molecule has 0 saturated heterocycles. The number of para-hydroxylation sites is 3. The van der Waals surface area contributed by atoms with Gasteiger partial charge in [-0.3, -0.25) is 0 Å². The number of hydrogen-bond acceptors (Lipinski definition) is 2. The normalized spacial score (nSPS) is 12.3. The second-order valence-corrected chi connectivity index (χ2v) is 6.42. The molecule has 0 saturated carbocycles. The first-order valence-corrected chi connectivity index (χ1v) is 8.60. The molecule has 114 valence electrons. The van der Waals surface area contributed by atoms with Crippen molar-refractivity contribution >= 4 is 38.7 Å². The Balaban J connectivity index is 1.96. The Morgan fingerprint density at radius 1 is 0.826 bits per heavy atom. The summed E-state index contributed by atoms with van der Waals surface area (Å²) in [6.45, 7) is 3.12. The van der Waals surface area contributed by atoms with Gasteiger partial charge in [0.15, 0.2) is 0 Å². The third kappa shape index (κ3) is 2.32. The summed E-state index contributed by atoms with van der Waals surface area (Å²) in [6, 6.07) is 23.3. The zero-order valence-corrected chi connectivity index (χ0v) is 14.5. The van der Waals surface area contributed by atoms with Gasteiger partial charge in [0.2, 0.25) is 0 Å². The van der Waals surface area contributed by atoms with Crippen molar-refractivity contribution in [1.82, 2.24) is 0 Å². The van der Waals surface area contributed by atoms with Crippen molar-refractivity contribution in [2.24, 2.45) is 0 Å². The second-order valence-electron chi connectivity index (χ2n) is 5.57. The van der Waals surface area contributed by atoms with E-state index < -0.39 is 0 Å². The van der Waals surface area contributed by atoms with Crippen molar-refractivity contribution in [3.8, 4) is 11.1 Å². The Hall–Kier alpha value is -2.26. The van der Waals surface area contributed by atoms with Crippen LogP contribution < -0.4 is 10.2 Å². The molecule has 0 bridgehead atoms. The third-order valence-corrected chi connectivity index (χ3v) is 4.94. The van der Waals surface area contributed by atoms with E-state index in [1.54, 1.807) is 0 Å². The molecule has 0 spiro atoms. The summed E-state index contributed by atoms with van der Waals surface area (Å²) in [4.78, 5) is 2.38. The molecule has 1 N–H and O–H groups in total. The summed E-state index contributed by atoms with van der Waals surface area (Å²) < 4.78 is 1.11. The van der Waals surface area contributed by atoms with Crippen LogP contribution in [0.2, 0.25) is 0 Å². The molecule has 3 heteroatoms. The maximum absolute atomic E-state index is 3.70. The minimum atomic E-state index is 0.924. The van der Waals surface area contributed by atoms with E-state index in [4.69, 9.17) is 0 Å². The third-order valence-electron chi connectivity index (χ3n) is 4.25. The number of nitrogens with one attached hydrogen (secondary N) is 1. The summed E-state index contributed by atoms with van der Waals surface area (Å²) in [5, 5.41) is 3.58. The molecule has 0 amide bonds.